The molecule has 0 radical (unpaired) electrons. The highest BCUT2D eigenvalue weighted by Gasteiger charge is 2.84. The number of hydrogen-bond acceptors (Lipinski definition) is 6. The Labute approximate surface area is 206 Å². The van der Waals surface area contributed by atoms with E-state index < -0.39 is 39.2 Å². The zero-order valence-corrected chi connectivity index (χ0v) is 24.2. The van der Waals surface area contributed by atoms with E-state index in [1.54, 1.807) is 0 Å². The maximum Gasteiger partial charge on any atom is 0.312 e. The van der Waals surface area contributed by atoms with E-state index in [1.807, 2.05) is 6.92 Å². The van der Waals surface area contributed by atoms with Crippen molar-refractivity contribution in [2.45, 2.75) is 102 Å². The van der Waals surface area contributed by atoms with Crippen LogP contribution in [0.2, 0.25) is 39.3 Å². The fourth-order valence-corrected chi connectivity index (χ4v) is 11.6. The Bertz CT molecular complexity index is 952. The van der Waals surface area contributed by atoms with Crippen LogP contribution in [0.15, 0.2) is 12.2 Å². The minimum absolute atomic E-state index is 0.0409. The van der Waals surface area contributed by atoms with Gasteiger partial charge < -0.3 is 18.3 Å². The first-order valence-electron chi connectivity index (χ1n) is 12.9. The molecule has 0 aromatic rings. The van der Waals surface area contributed by atoms with Gasteiger partial charge in [-0.3, -0.25) is 9.59 Å². The third kappa shape index (κ3) is 3.04. The van der Waals surface area contributed by atoms with Crippen LogP contribution in [0.1, 0.15) is 45.4 Å². The maximum atomic E-state index is 13.6. The molecule has 8 atom stereocenters. The van der Waals surface area contributed by atoms with Crippen molar-refractivity contribution in [1.29, 1.82) is 0 Å². The van der Waals surface area contributed by atoms with Crippen LogP contribution in [0, 0.1) is 28.6 Å². The first kappa shape index (κ1) is 24.7. The van der Waals surface area contributed by atoms with Crippen LogP contribution in [0.25, 0.3) is 0 Å². The maximum absolute atomic E-state index is 13.6. The molecule has 5 rings (SSSR count). The second-order valence-corrected chi connectivity index (χ2v) is 22.8. The molecule has 5 aliphatic rings. The summed E-state index contributed by atoms with van der Waals surface area (Å²) in [5.74, 6) is -0.854. The molecule has 1 saturated heterocycles. The van der Waals surface area contributed by atoms with Crippen molar-refractivity contribution in [3.05, 3.63) is 12.2 Å². The molecule has 4 saturated carbocycles. The number of fused-ring (bicyclic) bond motifs is 1. The van der Waals surface area contributed by atoms with Gasteiger partial charge in [0.25, 0.3) is 0 Å². The first-order valence-corrected chi connectivity index (χ1v) is 19.7. The highest BCUT2D eigenvalue weighted by molar-refractivity contribution is 6.70. The molecule has 0 amide bonds. The second kappa shape index (κ2) is 7.08. The quantitative estimate of drug-likeness (QED) is 0.295. The summed E-state index contributed by atoms with van der Waals surface area (Å²) < 4.78 is 25.9. The van der Waals surface area contributed by atoms with E-state index in [1.165, 1.54) is 7.11 Å². The van der Waals surface area contributed by atoms with Crippen LogP contribution in [-0.4, -0.2) is 53.0 Å². The Kier molecular flexibility index (Phi) is 5.14. The molecule has 4 bridgehead atoms. The lowest BCUT2D eigenvalue weighted by Gasteiger charge is -2.53. The second-order valence-electron chi connectivity index (χ2n) is 13.9. The fraction of sp³-hybridized carbons (Fsp3) is 0.846. The molecular weight excluding hydrogens is 464 g/mol. The predicted octanol–water partition coefficient (Wildman–Crippen LogP) is 5.06. The van der Waals surface area contributed by atoms with Gasteiger partial charge in [-0.25, -0.2) is 0 Å². The lowest BCUT2D eigenvalue weighted by atomic mass is 9.60. The SMILES string of the molecule is C=C1C[C@]23C[C@@]1(O[Si](C)(C)C)[C@@H](O[Si](C)(C)C)CC2[C@@]12CCCC(C)(C(=O)O1)C2C3C(=O)OC. The van der Waals surface area contributed by atoms with E-state index in [4.69, 9.17) is 18.3 Å². The Balaban J connectivity index is 1.71. The highest BCUT2D eigenvalue weighted by Crippen LogP contribution is 2.79. The molecule has 190 valence electrons. The topological polar surface area (TPSA) is 71.1 Å². The molecule has 4 unspecified atom stereocenters. The molecular formula is C26H42O6Si2. The van der Waals surface area contributed by atoms with Crippen molar-refractivity contribution in [1.82, 2.24) is 0 Å². The monoisotopic (exact) mass is 506 g/mol. The third-order valence-corrected chi connectivity index (χ3v) is 11.6. The number of carbonyl (C=O) groups is 2. The number of carbonyl (C=O) groups excluding carboxylic acids is 2. The molecule has 4 aliphatic carbocycles. The summed E-state index contributed by atoms with van der Waals surface area (Å²) in [4.78, 5) is 26.9. The fourth-order valence-electron chi connectivity index (χ4n) is 9.02. The molecule has 1 spiro atoms. The van der Waals surface area contributed by atoms with Gasteiger partial charge >= 0.3 is 11.9 Å². The molecule has 1 heterocycles. The molecule has 5 fully saturated rings. The summed E-state index contributed by atoms with van der Waals surface area (Å²) in [6.07, 6.45) is 4.52. The average Bonchev–Trinajstić information content (AvgIpc) is 3.10. The summed E-state index contributed by atoms with van der Waals surface area (Å²) in [5, 5.41) is 0. The van der Waals surface area contributed by atoms with Gasteiger partial charge in [-0.2, -0.15) is 0 Å². The highest BCUT2D eigenvalue weighted by atomic mass is 28.4. The van der Waals surface area contributed by atoms with Crippen LogP contribution in [0.3, 0.4) is 0 Å². The van der Waals surface area contributed by atoms with Gasteiger partial charge in [0.15, 0.2) is 16.6 Å². The molecule has 1 aliphatic heterocycles. The van der Waals surface area contributed by atoms with E-state index in [2.05, 4.69) is 45.9 Å². The lowest BCUT2D eigenvalue weighted by molar-refractivity contribution is -0.169. The van der Waals surface area contributed by atoms with Gasteiger partial charge in [-0.05, 0) is 95.7 Å². The van der Waals surface area contributed by atoms with Gasteiger partial charge in [0, 0.05) is 11.8 Å². The van der Waals surface area contributed by atoms with E-state index in [0.717, 1.165) is 31.3 Å². The molecule has 0 N–H and O–H groups in total. The van der Waals surface area contributed by atoms with E-state index >= 15 is 0 Å². The molecule has 0 aromatic carbocycles. The van der Waals surface area contributed by atoms with E-state index in [-0.39, 0.29) is 35.3 Å². The van der Waals surface area contributed by atoms with Crippen LogP contribution in [0.5, 0.6) is 0 Å². The van der Waals surface area contributed by atoms with Crippen LogP contribution in [-0.2, 0) is 27.9 Å². The molecule has 0 aromatic heterocycles. The number of esters is 2. The van der Waals surface area contributed by atoms with Gasteiger partial charge in [-0.15, -0.1) is 0 Å². The van der Waals surface area contributed by atoms with E-state index in [0.29, 0.717) is 12.8 Å². The van der Waals surface area contributed by atoms with Gasteiger partial charge in [-0.1, -0.05) is 6.58 Å². The molecule has 34 heavy (non-hydrogen) atoms. The zero-order chi connectivity index (χ0) is 25.1. The zero-order valence-electron chi connectivity index (χ0n) is 22.2. The predicted molar refractivity (Wildman–Crippen MR) is 134 cm³/mol. The van der Waals surface area contributed by atoms with Crippen molar-refractivity contribution in [3.63, 3.8) is 0 Å². The van der Waals surface area contributed by atoms with Gasteiger partial charge in [0.1, 0.15) is 11.2 Å². The summed E-state index contributed by atoms with van der Waals surface area (Å²) in [6.45, 7) is 19.9. The smallest absolute Gasteiger partial charge is 0.312 e. The number of methoxy groups -OCH3 is 1. The van der Waals surface area contributed by atoms with Crippen molar-refractivity contribution in [2.75, 3.05) is 7.11 Å². The number of ether oxygens (including phenoxy) is 2. The average molecular weight is 507 g/mol. The summed E-state index contributed by atoms with van der Waals surface area (Å²) in [7, 11) is -2.44. The van der Waals surface area contributed by atoms with Gasteiger partial charge in [0.05, 0.1) is 24.5 Å². The number of rotatable bonds is 5. The summed E-state index contributed by atoms with van der Waals surface area (Å²) in [6, 6.07) is 0. The van der Waals surface area contributed by atoms with Gasteiger partial charge in [0.2, 0.25) is 0 Å². The van der Waals surface area contributed by atoms with Crippen molar-refractivity contribution in [3.8, 4) is 0 Å². The van der Waals surface area contributed by atoms with Crippen molar-refractivity contribution >= 4 is 28.6 Å². The minimum Gasteiger partial charge on any atom is -0.469 e. The Morgan fingerprint density at radius 1 is 1.12 bits per heavy atom. The Hall–Kier alpha value is -0.966. The van der Waals surface area contributed by atoms with Crippen molar-refractivity contribution in [2.24, 2.45) is 28.6 Å². The van der Waals surface area contributed by atoms with E-state index in [9.17, 15) is 9.59 Å². The number of hydrogen-bond donors (Lipinski definition) is 0. The Morgan fingerprint density at radius 3 is 2.38 bits per heavy atom. The first-order chi connectivity index (χ1) is 15.5. The van der Waals surface area contributed by atoms with Crippen LogP contribution >= 0.6 is 0 Å². The van der Waals surface area contributed by atoms with Crippen LogP contribution in [0.4, 0.5) is 0 Å². The lowest BCUT2D eigenvalue weighted by Crippen LogP contribution is -2.60. The van der Waals surface area contributed by atoms with Crippen molar-refractivity contribution < 1.29 is 27.9 Å². The third-order valence-electron chi connectivity index (χ3n) is 9.60. The normalized spacial score (nSPS) is 47.3. The standard InChI is InChI=1S/C26H42O6Si2/c1-16-14-24-15-26(16,32-34(7,8)9)18(31-33(4,5)6)13-17(24)25-12-10-11-23(2,22(28)30-25)20(25)19(24)21(27)29-3/h17-20H,1,10-15H2,2-9H3/t17?,18-,19?,20?,23?,24-,25+,26-/m0/s1. The largest absolute Gasteiger partial charge is 0.469 e. The molecule has 8 heteroatoms. The summed E-state index contributed by atoms with van der Waals surface area (Å²) >= 11 is 0. The summed E-state index contributed by atoms with van der Waals surface area (Å²) in [5.41, 5.74) is -1.19. The van der Waals surface area contributed by atoms with Crippen LogP contribution < -0.4 is 0 Å². The Morgan fingerprint density at radius 2 is 1.79 bits per heavy atom. The molecule has 6 nitrogen and oxygen atoms in total. The minimum atomic E-state index is -1.98.